The van der Waals surface area contributed by atoms with E-state index in [0.717, 1.165) is 9.37 Å². The molecule has 0 atom stereocenters. The summed E-state index contributed by atoms with van der Waals surface area (Å²) in [6, 6.07) is 3.52. The summed E-state index contributed by atoms with van der Waals surface area (Å²) in [6.07, 6.45) is 1.93. The third kappa shape index (κ3) is 1.87. The first-order valence-electron chi connectivity index (χ1n) is 3.29. The normalized spacial score (nSPS) is 9.92. The maximum atomic E-state index is 9.43. The summed E-state index contributed by atoms with van der Waals surface area (Å²) in [5, 5.41) is 9.43. The van der Waals surface area contributed by atoms with Gasteiger partial charge >= 0.3 is 0 Å². The fourth-order valence-corrected chi connectivity index (χ4v) is 2.13. The van der Waals surface area contributed by atoms with E-state index in [2.05, 4.69) is 15.9 Å². The van der Waals surface area contributed by atoms with Crippen molar-refractivity contribution in [1.29, 1.82) is 0 Å². The number of hydrogen-bond donors (Lipinski definition) is 1. The SMILES string of the molecule is COc1c(O)cc(Br)cc1SC. The number of methoxy groups -OCH3 is 1. The van der Waals surface area contributed by atoms with Gasteiger partial charge in [-0.1, -0.05) is 15.9 Å². The van der Waals surface area contributed by atoms with Gasteiger partial charge in [-0.2, -0.15) is 0 Å². The van der Waals surface area contributed by atoms with E-state index in [1.807, 2.05) is 12.3 Å². The molecule has 0 heterocycles. The molecule has 0 unspecified atom stereocenters. The number of benzene rings is 1. The zero-order valence-corrected chi connectivity index (χ0v) is 9.20. The van der Waals surface area contributed by atoms with Gasteiger partial charge in [-0.05, 0) is 18.4 Å². The molecule has 1 aromatic rings. The Bertz CT molecular complexity index is 289. The summed E-state index contributed by atoms with van der Waals surface area (Å²) in [7, 11) is 1.54. The summed E-state index contributed by atoms with van der Waals surface area (Å²) in [5.74, 6) is 0.696. The minimum absolute atomic E-state index is 0.163. The van der Waals surface area contributed by atoms with Crippen LogP contribution in [-0.4, -0.2) is 18.5 Å². The van der Waals surface area contributed by atoms with E-state index in [9.17, 15) is 5.11 Å². The molecule has 4 heteroatoms. The number of ether oxygens (including phenoxy) is 1. The van der Waals surface area contributed by atoms with Crippen molar-refractivity contribution in [1.82, 2.24) is 0 Å². The van der Waals surface area contributed by atoms with Crippen LogP contribution in [0.3, 0.4) is 0 Å². The summed E-state index contributed by atoms with van der Waals surface area (Å²) in [5.41, 5.74) is 0. The Balaban J connectivity index is 3.24. The van der Waals surface area contributed by atoms with E-state index in [-0.39, 0.29) is 5.75 Å². The van der Waals surface area contributed by atoms with E-state index >= 15 is 0 Å². The Morgan fingerprint density at radius 3 is 2.67 bits per heavy atom. The summed E-state index contributed by atoms with van der Waals surface area (Å²) in [4.78, 5) is 0.921. The van der Waals surface area contributed by atoms with Crippen molar-refractivity contribution in [3.63, 3.8) is 0 Å². The van der Waals surface area contributed by atoms with Crippen LogP contribution in [0.15, 0.2) is 21.5 Å². The molecule has 66 valence electrons. The molecule has 0 aliphatic carbocycles. The number of aromatic hydroxyl groups is 1. The molecule has 0 saturated heterocycles. The zero-order valence-electron chi connectivity index (χ0n) is 6.80. The van der Waals surface area contributed by atoms with Crippen molar-refractivity contribution in [2.45, 2.75) is 4.90 Å². The van der Waals surface area contributed by atoms with Crippen molar-refractivity contribution in [2.24, 2.45) is 0 Å². The molecule has 0 aromatic heterocycles. The minimum Gasteiger partial charge on any atom is -0.504 e. The number of hydrogen-bond acceptors (Lipinski definition) is 3. The van der Waals surface area contributed by atoms with Gasteiger partial charge in [-0.15, -0.1) is 11.8 Å². The number of phenolic OH excluding ortho intramolecular Hbond substituents is 1. The Morgan fingerprint density at radius 1 is 1.50 bits per heavy atom. The largest absolute Gasteiger partial charge is 0.504 e. The van der Waals surface area contributed by atoms with Gasteiger partial charge in [0.05, 0.1) is 12.0 Å². The van der Waals surface area contributed by atoms with Gasteiger partial charge < -0.3 is 9.84 Å². The Kier molecular flexibility index (Phi) is 3.29. The smallest absolute Gasteiger partial charge is 0.174 e. The minimum atomic E-state index is 0.163. The number of phenols is 1. The lowest BCUT2D eigenvalue weighted by Crippen LogP contribution is -1.86. The van der Waals surface area contributed by atoms with Crippen LogP contribution in [0.5, 0.6) is 11.5 Å². The van der Waals surface area contributed by atoms with Gasteiger partial charge in [-0.25, -0.2) is 0 Å². The molecule has 0 aliphatic rings. The summed E-state index contributed by atoms with van der Waals surface area (Å²) < 4.78 is 5.88. The lowest BCUT2D eigenvalue weighted by atomic mass is 10.3. The molecule has 0 spiro atoms. The van der Waals surface area contributed by atoms with Gasteiger partial charge in [0.1, 0.15) is 0 Å². The van der Waals surface area contributed by atoms with Crippen molar-refractivity contribution in [3.8, 4) is 11.5 Å². The van der Waals surface area contributed by atoms with Crippen molar-refractivity contribution < 1.29 is 9.84 Å². The fraction of sp³-hybridized carbons (Fsp3) is 0.250. The van der Waals surface area contributed by atoms with E-state index < -0.39 is 0 Å². The predicted octanol–water partition coefficient (Wildman–Crippen LogP) is 2.89. The number of halogens is 1. The highest BCUT2D eigenvalue weighted by Gasteiger charge is 2.08. The van der Waals surface area contributed by atoms with Crippen molar-refractivity contribution >= 4 is 27.7 Å². The molecule has 2 nitrogen and oxygen atoms in total. The van der Waals surface area contributed by atoms with Crippen molar-refractivity contribution in [3.05, 3.63) is 16.6 Å². The highest BCUT2D eigenvalue weighted by atomic mass is 79.9. The Hall–Kier alpha value is -0.350. The molecule has 0 bridgehead atoms. The molecule has 1 N–H and O–H groups in total. The molecule has 1 rings (SSSR count). The van der Waals surface area contributed by atoms with Crippen LogP contribution in [0, 0.1) is 0 Å². The van der Waals surface area contributed by atoms with Gasteiger partial charge in [0.15, 0.2) is 11.5 Å². The maximum Gasteiger partial charge on any atom is 0.174 e. The quantitative estimate of drug-likeness (QED) is 0.817. The van der Waals surface area contributed by atoms with E-state index in [1.54, 1.807) is 13.2 Å². The van der Waals surface area contributed by atoms with E-state index in [1.165, 1.54) is 11.8 Å². The lowest BCUT2D eigenvalue weighted by Gasteiger charge is -2.08. The maximum absolute atomic E-state index is 9.43. The molecule has 0 amide bonds. The van der Waals surface area contributed by atoms with Gasteiger partial charge in [-0.3, -0.25) is 0 Å². The Morgan fingerprint density at radius 2 is 2.17 bits per heavy atom. The number of thioether (sulfide) groups is 1. The second-order valence-electron chi connectivity index (χ2n) is 2.16. The summed E-state index contributed by atoms with van der Waals surface area (Å²) in [6.45, 7) is 0. The van der Waals surface area contributed by atoms with Gasteiger partial charge in [0.2, 0.25) is 0 Å². The van der Waals surface area contributed by atoms with Gasteiger partial charge in [0.25, 0.3) is 0 Å². The second kappa shape index (κ2) is 4.05. The fourth-order valence-electron chi connectivity index (χ4n) is 0.912. The highest BCUT2D eigenvalue weighted by Crippen LogP contribution is 2.38. The van der Waals surface area contributed by atoms with Crippen molar-refractivity contribution in [2.75, 3.05) is 13.4 Å². The molecule has 0 saturated carbocycles. The van der Waals surface area contributed by atoms with E-state index in [0.29, 0.717) is 5.75 Å². The highest BCUT2D eigenvalue weighted by molar-refractivity contribution is 9.10. The van der Waals surface area contributed by atoms with Crippen LogP contribution >= 0.6 is 27.7 Å². The molecule has 0 fully saturated rings. The van der Waals surface area contributed by atoms with E-state index in [4.69, 9.17) is 4.74 Å². The molecule has 12 heavy (non-hydrogen) atoms. The lowest BCUT2D eigenvalue weighted by molar-refractivity contribution is 0.364. The molecular formula is C8H9BrO2S. The average Bonchev–Trinajstić information content (AvgIpc) is 2.03. The third-order valence-corrected chi connectivity index (χ3v) is 2.62. The molecule has 1 aromatic carbocycles. The Labute approximate surface area is 84.1 Å². The average molecular weight is 249 g/mol. The zero-order chi connectivity index (χ0) is 9.14. The van der Waals surface area contributed by atoms with Crippen LogP contribution in [0.2, 0.25) is 0 Å². The topological polar surface area (TPSA) is 29.5 Å². The molecular weight excluding hydrogens is 240 g/mol. The van der Waals surface area contributed by atoms with Gasteiger partial charge in [0, 0.05) is 4.47 Å². The third-order valence-electron chi connectivity index (χ3n) is 1.42. The van der Waals surface area contributed by atoms with Crippen LogP contribution in [0.1, 0.15) is 0 Å². The van der Waals surface area contributed by atoms with Crippen LogP contribution in [-0.2, 0) is 0 Å². The van der Waals surface area contributed by atoms with Crippen LogP contribution in [0.25, 0.3) is 0 Å². The second-order valence-corrected chi connectivity index (χ2v) is 3.92. The first-order chi connectivity index (χ1) is 5.69. The molecule has 0 radical (unpaired) electrons. The molecule has 0 aliphatic heterocycles. The standard InChI is InChI=1S/C8H9BrO2S/c1-11-8-6(10)3-5(9)4-7(8)12-2/h3-4,10H,1-2H3. The van der Waals surface area contributed by atoms with Crippen LogP contribution in [0.4, 0.5) is 0 Å². The number of rotatable bonds is 2. The summed E-state index contributed by atoms with van der Waals surface area (Å²) >= 11 is 4.82. The first-order valence-corrected chi connectivity index (χ1v) is 5.31. The monoisotopic (exact) mass is 248 g/mol. The predicted molar refractivity (Wildman–Crippen MR) is 54.1 cm³/mol. The van der Waals surface area contributed by atoms with Crippen LogP contribution < -0.4 is 4.74 Å². The first kappa shape index (κ1) is 9.74.